The maximum Gasteiger partial charge on any atom is 0.0484 e. The zero-order valence-electron chi connectivity index (χ0n) is 16.5. The topological polar surface area (TPSA) is 0 Å². The van der Waals surface area contributed by atoms with E-state index in [1.165, 1.54) is 0 Å². The molecule has 0 bridgehead atoms. The van der Waals surface area contributed by atoms with Gasteiger partial charge in [0.2, 0.25) is 0 Å². The average molecular weight is 380 g/mol. The first-order chi connectivity index (χ1) is 14.9. The van der Waals surface area contributed by atoms with Crippen LogP contribution < -0.4 is 0 Å². The van der Waals surface area contributed by atoms with E-state index in [2.05, 4.69) is 47.9 Å². The van der Waals surface area contributed by atoms with E-state index in [0.29, 0.717) is 0 Å². The highest BCUT2D eigenvalue weighted by atomic mass is 14.1. The summed E-state index contributed by atoms with van der Waals surface area (Å²) < 4.78 is 0. The smallest absolute Gasteiger partial charge is 0.0484 e. The molecular formula is C30H20. The summed E-state index contributed by atoms with van der Waals surface area (Å²) in [6.07, 6.45) is 0. The van der Waals surface area contributed by atoms with E-state index < -0.39 is 0 Å². The van der Waals surface area contributed by atoms with Crippen LogP contribution in [0.15, 0.2) is 121 Å². The van der Waals surface area contributed by atoms with Gasteiger partial charge in [0.05, 0.1) is 0 Å². The summed E-state index contributed by atoms with van der Waals surface area (Å²) in [5, 5.41) is 0. The van der Waals surface area contributed by atoms with Crippen molar-refractivity contribution in [2.75, 3.05) is 0 Å². The van der Waals surface area contributed by atoms with Gasteiger partial charge in [0, 0.05) is 22.3 Å². The summed E-state index contributed by atoms with van der Waals surface area (Å²) in [5.41, 5.74) is 5.93. The second-order valence-corrected chi connectivity index (χ2v) is 6.71. The molecule has 0 aliphatic heterocycles. The van der Waals surface area contributed by atoms with Gasteiger partial charge in [-0.3, -0.25) is 0 Å². The fourth-order valence-electron chi connectivity index (χ4n) is 3.08. The quantitative estimate of drug-likeness (QED) is 0.268. The molecule has 0 radical (unpaired) electrons. The second-order valence-electron chi connectivity index (χ2n) is 6.71. The molecule has 0 spiro atoms. The Balaban J connectivity index is 1.93. The van der Waals surface area contributed by atoms with Crippen LogP contribution in [0.1, 0.15) is 22.3 Å². The van der Waals surface area contributed by atoms with E-state index in [0.717, 1.165) is 33.4 Å². The number of benzene rings is 4. The van der Waals surface area contributed by atoms with Gasteiger partial charge in [0.25, 0.3) is 0 Å². The van der Waals surface area contributed by atoms with E-state index >= 15 is 0 Å². The first-order valence-corrected chi connectivity index (χ1v) is 9.89. The van der Waals surface area contributed by atoms with Gasteiger partial charge in [0.15, 0.2) is 0 Å². The van der Waals surface area contributed by atoms with E-state index in [9.17, 15) is 0 Å². The molecule has 4 rings (SSSR count). The standard InChI is InChI=1S/C30H20/c1-5-13-25(14-6-1)21-23-29(27-17-9-3-10-18-27)30(28-19-11-4-12-20-28)24-22-26-15-7-2-8-16-26/h1-20H/b30-29-. The monoisotopic (exact) mass is 380 g/mol. The van der Waals surface area contributed by atoms with Gasteiger partial charge >= 0.3 is 0 Å². The zero-order chi connectivity index (χ0) is 20.4. The van der Waals surface area contributed by atoms with E-state index in [1.807, 2.05) is 97.1 Å². The van der Waals surface area contributed by atoms with Crippen molar-refractivity contribution in [3.63, 3.8) is 0 Å². The van der Waals surface area contributed by atoms with Crippen molar-refractivity contribution in [2.45, 2.75) is 0 Å². The molecule has 140 valence electrons. The van der Waals surface area contributed by atoms with Crippen LogP contribution in [0.25, 0.3) is 11.1 Å². The minimum atomic E-state index is 0.925. The Morgan fingerprint density at radius 3 is 1.00 bits per heavy atom. The molecule has 0 aromatic heterocycles. The minimum absolute atomic E-state index is 0.925. The fourth-order valence-corrected chi connectivity index (χ4v) is 3.08. The average Bonchev–Trinajstić information content (AvgIpc) is 2.83. The zero-order valence-corrected chi connectivity index (χ0v) is 16.5. The molecule has 0 fully saturated rings. The highest BCUT2D eigenvalue weighted by Gasteiger charge is 2.08. The molecular weight excluding hydrogens is 360 g/mol. The Hall–Kier alpha value is -4.26. The van der Waals surface area contributed by atoms with Crippen LogP contribution in [0.5, 0.6) is 0 Å². The number of hydrogen-bond acceptors (Lipinski definition) is 0. The summed E-state index contributed by atoms with van der Waals surface area (Å²) in [7, 11) is 0. The van der Waals surface area contributed by atoms with E-state index in [-0.39, 0.29) is 0 Å². The third-order valence-electron chi connectivity index (χ3n) is 4.59. The van der Waals surface area contributed by atoms with Crippen LogP contribution in [0.2, 0.25) is 0 Å². The summed E-state index contributed by atoms with van der Waals surface area (Å²) in [6.45, 7) is 0. The normalized spacial score (nSPS) is 10.7. The Bertz CT molecular complexity index is 1140. The molecule has 0 saturated heterocycles. The Morgan fingerprint density at radius 2 is 0.667 bits per heavy atom. The van der Waals surface area contributed by atoms with Crippen molar-refractivity contribution < 1.29 is 0 Å². The number of rotatable bonds is 2. The lowest BCUT2D eigenvalue weighted by atomic mass is 9.94. The molecule has 0 unspecified atom stereocenters. The third kappa shape index (κ3) is 4.96. The Morgan fingerprint density at radius 1 is 0.367 bits per heavy atom. The molecule has 0 aliphatic rings. The second kappa shape index (κ2) is 9.79. The van der Waals surface area contributed by atoms with Crippen LogP contribution in [0, 0.1) is 23.7 Å². The van der Waals surface area contributed by atoms with Crippen molar-refractivity contribution in [1.82, 2.24) is 0 Å². The first-order valence-electron chi connectivity index (χ1n) is 9.89. The molecule has 0 nitrogen and oxygen atoms in total. The lowest BCUT2D eigenvalue weighted by Gasteiger charge is -2.07. The third-order valence-corrected chi connectivity index (χ3v) is 4.59. The maximum atomic E-state index is 3.41. The van der Waals surface area contributed by atoms with Gasteiger partial charge in [-0.15, -0.1) is 0 Å². The predicted molar refractivity (Wildman–Crippen MR) is 126 cm³/mol. The molecule has 0 amide bonds. The molecule has 0 saturated carbocycles. The van der Waals surface area contributed by atoms with Crippen LogP contribution in [-0.4, -0.2) is 0 Å². The molecule has 0 aliphatic carbocycles. The molecule has 4 aromatic carbocycles. The lowest BCUT2D eigenvalue weighted by molar-refractivity contribution is 1.60. The molecule has 0 N–H and O–H groups in total. The molecule has 4 aromatic rings. The Kier molecular flexibility index (Phi) is 6.22. The summed E-state index contributed by atoms with van der Waals surface area (Å²) in [4.78, 5) is 0. The van der Waals surface area contributed by atoms with E-state index in [1.54, 1.807) is 0 Å². The largest absolute Gasteiger partial charge is 0.0622 e. The minimum Gasteiger partial charge on any atom is -0.0622 e. The fraction of sp³-hybridized carbons (Fsp3) is 0. The van der Waals surface area contributed by atoms with Gasteiger partial charge in [0.1, 0.15) is 0 Å². The van der Waals surface area contributed by atoms with Crippen molar-refractivity contribution >= 4 is 11.1 Å². The first kappa shape index (κ1) is 19.1. The van der Waals surface area contributed by atoms with Crippen molar-refractivity contribution in [2.24, 2.45) is 0 Å². The Labute approximate surface area is 178 Å². The van der Waals surface area contributed by atoms with Crippen molar-refractivity contribution in [3.05, 3.63) is 144 Å². The molecule has 0 heterocycles. The van der Waals surface area contributed by atoms with Crippen LogP contribution in [0.3, 0.4) is 0 Å². The van der Waals surface area contributed by atoms with Gasteiger partial charge in [-0.1, -0.05) is 121 Å². The highest BCUT2D eigenvalue weighted by molar-refractivity contribution is 6.04. The highest BCUT2D eigenvalue weighted by Crippen LogP contribution is 2.26. The van der Waals surface area contributed by atoms with Gasteiger partial charge in [-0.25, -0.2) is 0 Å². The summed E-state index contributed by atoms with van der Waals surface area (Å²) >= 11 is 0. The number of hydrogen-bond donors (Lipinski definition) is 0. The number of allylic oxidation sites excluding steroid dienone is 2. The van der Waals surface area contributed by atoms with Crippen molar-refractivity contribution in [1.29, 1.82) is 0 Å². The summed E-state index contributed by atoms with van der Waals surface area (Å²) in [6, 6.07) is 40.6. The van der Waals surface area contributed by atoms with Crippen LogP contribution >= 0.6 is 0 Å². The van der Waals surface area contributed by atoms with Crippen LogP contribution in [-0.2, 0) is 0 Å². The molecule has 30 heavy (non-hydrogen) atoms. The predicted octanol–water partition coefficient (Wildman–Crippen LogP) is 6.70. The molecule has 0 atom stereocenters. The SMILES string of the molecule is C(#Cc1ccccc1)/C(=C(\C#Cc1ccccc1)c1ccccc1)c1ccccc1. The van der Waals surface area contributed by atoms with Gasteiger partial charge < -0.3 is 0 Å². The van der Waals surface area contributed by atoms with Gasteiger partial charge in [-0.2, -0.15) is 0 Å². The van der Waals surface area contributed by atoms with Crippen LogP contribution in [0.4, 0.5) is 0 Å². The van der Waals surface area contributed by atoms with E-state index in [4.69, 9.17) is 0 Å². The maximum absolute atomic E-state index is 3.41. The van der Waals surface area contributed by atoms with Crippen molar-refractivity contribution in [3.8, 4) is 23.7 Å². The molecule has 0 heteroatoms. The van der Waals surface area contributed by atoms with Gasteiger partial charge in [-0.05, 0) is 35.4 Å². The lowest BCUT2D eigenvalue weighted by Crippen LogP contribution is -1.90. The summed E-state index contributed by atoms with van der Waals surface area (Å²) in [5.74, 6) is 13.5.